The van der Waals surface area contributed by atoms with E-state index >= 15 is 0 Å². The van der Waals surface area contributed by atoms with Crippen LogP contribution >= 0.6 is 0 Å². The molecule has 176 valence electrons. The predicted octanol–water partition coefficient (Wildman–Crippen LogP) is 4.11. The van der Waals surface area contributed by atoms with Crippen LogP contribution in [0.25, 0.3) is 0 Å². The van der Waals surface area contributed by atoms with E-state index < -0.39 is 9.84 Å². The van der Waals surface area contributed by atoms with Crippen LogP contribution in [0.3, 0.4) is 0 Å². The van der Waals surface area contributed by atoms with E-state index in [9.17, 15) is 18.0 Å². The fraction of sp³-hybridized carbons (Fsp3) is 0.269. The van der Waals surface area contributed by atoms with Crippen LogP contribution in [0.5, 0.6) is 0 Å². The van der Waals surface area contributed by atoms with Gasteiger partial charge in [0.25, 0.3) is 5.91 Å². The number of sulfone groups is 1. The maximum atomic E-state index is 12.9. The van der Waals surface area contributed by atoms with Gasteiger partial charge in [-0.2, -0.15) is 0 Å². The molecule has 2 aromatic carbocycles. The molecule has 0 aliphatic heterocycles. The lowest BCUT2D eigenvalue weighted by atomic mass is 10.1. The average Bonchev–Trinajstić information content (AvgIpc) is 3.64. The van der Waals surface area contributed by atoms with Gasteiger partial charge in [-0.15, -0.1) is 0 Å². The van der Waals surface area contributed by atoms with Crippen molar-refractivity contribution < 1.29 is 18.0 Å². The highest BCUT2D eigenvalue weighted by Gasteiger charge is 2.29. The smallest absolute Gasteiger partial charge is 0.258 e. The molecule has 4 rings (SSSR count). The zero-order chi connectivity index (χ0) is 24.1. The van der Waals surface area contributed by atoms with Crippen molar-refractivity contribution >= 4 is 33.0 Å². The first-order valence-electron chi connectivity index (χ1n) is 11.3. The third-order valence-electron chi connectivity index (χ3n) is 5.68. The summed E-state index contributed by atoms with van der Waals surface area (Å²) in [5, 5.41) is 2.86. The van der Waals surface area contributed by atoms with E-state index in [4.69, 9.17) is 0 Å². The van der Waals surface area contributed by atoms with E-state index in [1.807, 2.05) is 37.3 Å². The molecular formula is C26H27N3O4S. The average molecular weight is 478 g/mol. The van der Waals surface area contributed by atoms with Crippen LogP contribution in [-0.4, -0.2) is 37.5 Å². The number of nitrogens with zero attached hydrogens (tertiary/aromatic N) is 2. The molecule has 0 unspecified atom stereocenters. The summed E-state index contributed by atoms with van der Waals surface area (Å²) < 4.78 is 24.6. The SMILES string of the molecule is CCN(C(=O)c1ccc(NC(=O)Cc2ccc(S(=O)(=O)CC3CC3)nc2)cc1)c1ccccc1. The van der Waals surface area contributed by atoms with Gasteiger partial charge in [-0.3, -0.25) is 9.59 Å². The maximum Gasteiger partial charge on any atom is 0.258 e. The Morgan fingerprint density at radius 2 is 1.71 bits per heavy atom. The van der Waals surface area contributed by atoms with Crippen LogP contribution in [0.2, 0.25) is 0 Å². The number of hydrogen-bond acceptors (Lipinski definition) is 5. The number of pyridine rings is 1. The zero-order valence-corrected chi connectivity index (χ0v) is 19.8. The molecule has 1 aromatic heterocycles. The Kier molecular flexibility index (Phi) is 7.07. The lowest BCUT2D eigenvalue weighted by Crippen LogP contribution is -2.30. The van der Waals surface area contributed by atoms with Gasteiger partial charge in [0.05, 0.1) is 12.2 Å². The standard InChI is InChI=1S/C26H27N3O4S/c1-2-29(23-6-4-3-5-7-23)26(31)21-11-13-22(14-12-21)28-24(30)16-20-10-15-25(27-17-20)34(32,33)18-19-8-9-19/h3-7,10-15,17,19H,2,8-9,16,18H2,1H3,(H,28,30). The Morgan fingerprint density at radius 1 is 1.00 bits per heavy atom. The number of amides is 2. The highest BCUT2D eigenvalue weighted by molar-refractivity contribution is 7.91. The molecule has 0 radical (unpaired) electrons. The fourth-order valence-corrected chi connectivity index (χ4v) is 5.29. The minimum Gasteiger partial charge on any atom is -0.326 e. The molecule has 1 N–H and O–H groups in total. The van der Waals surface area contributed by atoms with Gasteiger partial charge in [0.1, 0.15) is 0 Å². The van der Waals surface area contributed by atoms with E-state index in [0.29, 0.717) is 23.4 Å². The molecule has 0 spiro atoms. The number of nitrogens with one attached hydrogen (secondary N) is 1. The molecule has 3 aromatic rings. The molecule has 1 aliphatic rings. The number of rotatable bonds is 9. The number of anilines is 2. The molecule has 1 fully saturated rings. The Labute approximate surface area is 199 Å². The summed E-state index contributed by atoms with van der Waals surface area (Å²) in [5.74, 6) is 0.0188. The molecule has 8 heteroatoms. The molecule has 1 heterocycles. The lowest BCUT2D eigenvalue weighted by Gasteiger charge is -2.21. The number of benzene rings is 2. The molecule has 0 bridgehead atoms. The van der Waals surface area contributed by atoms with Crippen molar-refractivity contribution in [2.45, 2.75) is 31.2 Å². The maximum absolute atomic E-state index is 12.9. The van der Waals surface area contributed by atoms with Crippen LogP contribution in [0.15, 0.2) is 78.0 Å². The van der Waals surface area contributed by atoms with Crippen molar-refractivity contribution in [1.82, 2.24) is 4.98 Å². The van der Waals surface area contributed by atoms with Gasteiger partial charge in [-0.1, -0.05) is 24.3 Å². The first-order chi connectivity index (χ1) is 16.4. The summed E-state index contributed by atoms with van der Waals surface area (Å²) in [6, 6.07) is 19.3. The second kappa shape index (κ2) is 10.2. The van der Waals surface area contributed by atoms with Crippen LogP contribution in [0, 0.1) is 5.92 Å². The molecule has 0 atom stereocenters. The first-order valence-corrected chi connectivity index (χ1v) is 13.0. The van der Waals surface area contributed by atoms with Gasteiger partial charge < -0.3 is 10.2 Å². The summed E-state index contributed by atoms with van der Waals surface area (Å²) in [4.78, 5) is 31.1. The van der Waals surface area contributed by atoms with Gasteiger partial charge >= 0.3 is 0 Å². The van der Waals surface area contributed by atoms with E-state index in [0.717, 1.165) is 18.5 Å². The summed E-state index contributed by atoms with van der Waals surface area (Å²) in [7, 11) is -3.37. The van der Waals surface area contributed by atoms with E-state index in [-0.39, 0.29) is 34.9 Å². The Bertz CT molecular complexity index is 1250. The van der Waals surface area contributed by atoms with E-state index in [1.165, 1.54) is 12.3 Å². The normalized spacial score (nSPS) is 13.3. The topological polar surface area (TPSA) is 96.4 Å². The van der Waals surface area contributed by atoms with Crippen molar-refractivity contribution in [3.63, 3.8) is 0 Å². The molecular weight excluding hydrogens is 450 g/mol. The van der Waals surface area contributed by atoms with Gasteiger partial charge in [0.15, 0.2) is 14.9 Å². The van der Waals surface area contributed by atoms with Crippen LogP contribution in [-0.2, 0) is 21.1 Å². The summed E-state index contributed by atoms with van der Waals surface area (Å²) in [6.45, 7) is 2.46. The lowest BCUT2D eigenvalue weighted by molar-refractivity contribution is -0.115. The molecule has 1 aliphatic carbocycles. The molecule has 1 saturated carbocycles. The second-order valence-electron chi connectivity index (χ2n) is 8.42. The third kappa shape index (κ3) is 5.88. The Hall–Kier alpha value is -3.52. The molecule has 0 saturated heterocycles. The van der Waals surface area contributed by atoms with Gasteiger partial charge in [-0.05, 0) is 73.7 Å². The third-order valence-corrected chi connectivity index (χ3v) is 7.47. The number of para-hydroxylation sites is 1. The van der Waals surface area contributed by atoms with Gasteiger partial charge in [-0.25, -0.2) is 13.4 Å². The first kappa shape index (κ1) is 23.6. The summed E-state index contributed by atoms with van der Waals surface area (Å²) >= 11 is 0. The second-order valence-corrected chi connectivity index (χ2v) is 10.4. The fourth-order valence-electron chi connectivity index (χ4n) is 3.67. The predicted molar refractivity (Wildman–Crippen MR) is 132 cm³/mol. The van der Waals surface area contributed by atoms with Crippen molar-refractivity contribution in [2.75, 3.05) is 22.5 Å². The molecule has 34 heavy (non-hydrogen) atoms. The highest BCUT2D eigenvalue weighted by Crippen LogP contribution is 2.31. The van der Waals surface area contributed by atoms with Crippen molar-refractivity contribution in [1.29, 1.82) is 0 Å². The Morgan fingerprint density at radius 3 is 2.29 bits per heavy atom. The number of carbonyl (C=O) groups excluding carboxylic acids is 2. The van der Waals surface area contributed by atoms with E-state index in [1.54, 1.807) is 35.2 Å². The van der Waals surface area contributed by atoms with Gasteiger partial charge in [0, 0.05) is 29.7 Å². The number of carbonyl (C=O) groups is 2. The minimum absolute atomic E-state index is 0.0560. The molecule has 2 amide bonds. The minimum atomic E-state index is -3.37. The van der Waals surface area contributed by atoms with Crippen molar-refractivity contribution in [2.24, 2.45) is 5.92 Å². The van der Waals surface area contributed by atoms with Crippen molar-refractivity contribution in [3.8, 4) is 0 Å². The van der Waals surface area contributed by atoms with Crippen LogP contribution < -0.4 is 10.2 Å². The number of hydrogen-bond donors (Lipinski definition) is 1. The van der Waals surface area contributed by atoms with Crippen LogP contribution in [0.4, 0.5) is 11.4 Å². The van der Waals surface area contributed by atoms with Gasteiger partial charge in [0.2, 0.25) is 5.91 Å². The summed E-state index contributed by atoms with van der Waals surface area (Å²) in [6.07, 6.45) is 3.41. The monoisotopic (exact) mass is 477 g/mol. The Balaban J connectivity index is 1.35. The molecule has 7 nitrogen and oxygen atoms in total. The zero-order valence-electron chi connectivity index (χ0n) is 19.0. The quantitative estimate of drug-likeness (QED) is 0.500. The largest absolute Gasteiger partial charge is 0.326 e. The summed E-state index contributed by atoms with van der Waals surface area (Å²) in [5.41, 5.74) is 2.54. The number of aromatic nitrogens is 1. The van der Waals surface area contributed by atoms with E-state index in [2.05, 4.69) is 10.3 Å². The van der Waals surface area contributed by atoms with Crippen molar-refractivity contribution in [3.05, 3.63) is 84.1 Å². The van der Waals surface area contributed by atoms with Crippen LogP contribution in [0.1, 0.15) is 35.7 Å². The highest BCUT2D eigenvalue weighted by atomic mass is 32.2.